The highest BCUT2D eigenvalue weighted by Gasteiger charge is 2.40. The van der Waals surface area contributed by atoms with Gasteiger partial charge in [0.25, 0.3) is 5.69 Å². The zero-order valence-corrected chi connectivity index (χ0v) is 17.2. The van der Waals surface area contributed by atoms with Gasteiger partial charge in [-0.05, 0) is 18.2 Å². The lowest BCUT2D eigenvalue weighted by Gasteiger charge is -2.24. The van der Waals surface area contributed by atoms with Crippen molar-refractivity contribution >= 4 is 29.0 Å². The maximum atomic E-state index is 14.2. The van der Waals surface area contributed by atoms with E-state index in [1.54, 1.807) is 0 Å². The molecule has 0 aliphatic carbocycles. The lowest BCUT2D eigenvalue weighted by atomic mass is 10.2. The Labute approximate surface area is 183 Å². The third-order valence-corrected chi connectivity index (χ3v) is 3.98. The molecule has 0 radical (unpaired) electrons. The molecule has 2 aromatic carbocycles. The van der Waals surface area contributed by atoms with Crippen LogP contribution in [0.1, 0.15) is 0 Å². The first kappa shape index (κ1) is 24.7. The summed E-state index contributed by atoms with van der Waals surface area (Å²) in [5.41, 5.74) is -2.28. The van der Waals surface area contributed by atoms with Crippen LogP contribution < -0.4 is 15.9 Å². The number of nitrogens with two attached hydrogens (primary N) is 1. The minimum atomic E-state index is -4.97. The van der Waals surface area contributed by atoms with Crippen LogP contribution in [0.2, 0.25) is 5.02 Å². The van der Waals surface area contributed by atoms with Crippen LogP contribution in [-0.4, -0.2) is 41.1 Å². The molecule has 2 aromatic rings. The summed E-state index contributed by atoms with van der Waals surface area (Å²) in [5.74, 6) is 4.14. The summed E-state index contributed by atoms with van der Waals surface area (Å²) in [6.45, 7) is 0. The Morgan fingerprint density at radius 3 is 2.34 bits per heavy atom. The van der Waals surface area contributed by atoms with Gasteiger partial charge < -0.3 is 15.0 Å². The predicted molar refractivity (Wildman–Crippen MR) is 107 cm³/mol. The Bertz CT molecular complexity index is 1040. The average molecular weight is 478 g/mol. The number of urea groups is 1. The van der Waals surface area contributed by atoms with E-state index in [2.05, 4.69) is 0 Å². The van der Waals surface area contributed by atoms with Gasteiger partial charge in [-0.2, -0.15) is 13.2 Å². The molecule has 172 valence electrons. The summed E-state index contributed by atoms with van der Waals surface area (Å²) in [6.07, 6.45) is -4.40. The molecular weight excluding hydrogens is 462 g/mol. The zero-order chi connectivity index (χ0) is 24.2. The van der Waals surface area contributed by atoms with Gasteiger partial charge in [-0.3, -0.25) is 10.1 Å². The minimum absolute atomic E-state index is 0.0927. The number of carbonyl (C=O) groups excluding carboxylic acids is 1. The van der Waals surface area contributed by atoms with Crippen LogP contribution in [0.3, 0.4) is 0 Å². The van der Waals surface area contributed by atoms with Crippen molar-refractivity contribution in [2.45, 2.75) is 6.18 Å². The van der Waals surface area contributed by atoms with E-state index in [1.165, 1.54) is 26.2 Å². The van der Waals surface area contributed by atoms with Gasteiger partial charge in [0.1, 0.15) is 17.3 Å². The third-order valence-electron chi connectivity index (χ3n) is 3.69. The van der Waals surface area contributed by atoms with Gasteiger partial charge in [-0.25, -0.2) is 20.0 Å². The number of halogens is 5. The number of benzene rings is 2. The maximum Gasteiger partial charge on any atom is 0.434 e. The number of nitrogens with one attached hydrogen (secondary N) is 1. The van der Waals surface area contributed by atoms with Crippen molar-refractivity contribution in [1.82, 2.24) is 9.91 Å². The van der Waals surface area contributed by atoms with Crippen LogP contribution in [0, 0.1) is 15.9 Å². The first-order chi connectivity index (χ1) is 14.8. The molecule has 14 heteroatoms. The second kappa shape index (κ2) is 9.70. The number of alkyl halides is 3. The van der Waals surface area contributed by atoms with E-state index in [-0.39, 0.29) is 27.2 Å². The molecule has 0 aliphatic heterocycles. The average Bonchev–Trinajstić information content (AvgIpc) is 2.68. The highest BCUT2D eigenvalue weighted by molar-refractivity contribution is 6.32. The fourth-order valence-corrected chi connectivity index (χ4v) is 2.46. The lowest BCUT2D eigenvalue weighted by Crippen LogP contribution is -2.45. The molecule has 0 heterocycles. The van der Waals surface area contributed by atoms with Crippen molar-refractivity contribution in [1.29, 1.82) is 0 Å². The van der Waals surface area contributed by atoms with Crippen LogP contribution >= 0.6 is 11.6 Å². The number of allylic oxidation sites excluding steroid dienone is 1. The molecule has 0 unspecified atom stereocenters. The fraction of sp³-hybridized carbons (Fsp3) is 0.167. The van der Waals surface area contributed by atoms with Crippen molar-refractivity contribution in [3.63, 3.8) is 0 Å². The van der Waals surface area contributed by atoms with Crippen molar-refractivity contribution in [3.05, 3.63) is 69.2 Å². The van der Waals surface area contributed by atoms with Gasteiger partial charge in [0.15, 0.2) is 5.70 Å². The number of non-ortho nitro benzene ring substituents is 1. The largest absolute Gasteiger partial charge is 0.456 e. The van der Waals surface area contributed by atoms with E-state index in [4.69, 9.17) is 22.2 Å². The number of hydrazine groups is 1. The molecule has 2 rings (SSSR count). The molecule has 0 spiro atoms. The van der Waals surface area contributed by atoms with Gasteiger partial charge in [-0.15, -0.1) is 0 Å². The highest BCUT2D eigenvalue weighted by Crippen LogP contribution is 2.35. The monoisotopic (exact) mass is 477 g/mol. The number of amides is 2. The van der Waals surface area contributed by atoms with E-state index in [0.717, 1.165) is 29.2 Å². The number of hydrogen-bond donors (Lipinski definition) is 2. The molecule has 3 N–H and O–H groups in total. The van der Waals surface area contributed by atoms with E-state index < -0.39 is 34.3 Å². The highest BCUT2D eigenvalue weighted by atomic mass is 35.5. The standard InChI is InChI=1S/C18H16ClF4N5O4/c1-26(2)9-16(18(21,22)23)27(24)17(29)25-14-8-15(12(19)7-13(14)20)32-11-5-3-10(4-6-11)28(30)31/h3-9H,24H2,1-2H3,(H,25,29)/b16-9+. The third kappa shape index (κ3) is 6.21. The number of ether oxygens (including phenoxy) is 1. The molecule has 0 saturated heterocycles. The van der Waals surface area contributed by atoms with Crippen molar-refractivity contribution in [2.75, 3.05) is 19.4 Å². The molecule has 0 fully saturated rings. The van der Waals surface area contributed by atoms with Crippen LogP contribution in [0.25, 0.3) is 0 Å². The normalized spacial score (nSPS) is 11.7. The van der Waals surface area contributed by atoms with Gasteiger partial charge in [0.2, 0.25) is 0 Å². The molecule has 32 heavy (non-hydrogen) atoms. The number of anilines is 1. The number of rotatable bonds is 6. The number of hydrogen-bond acceptors (Lipinski definition) is 6. The summed E-state index contributed by atoms with van der Waals surface area (Å²) in [5, 5.41) is 12.2. The Hall–Kier alpha value is -3.58. The molecule has 0 atom stereocenters. The van der Waals surface area contributed by atoms with Crippen LogP contribution in [-0.2, 0) is 0 Å². The summed E-state index contributed by atoms with van der Waals surface area (Å²) < 4.78 is 59.3. The molecule has 0 aliphatic rings. The van der Waals surface area contributed by atoms with Crippen molar-refractivity contribution in [2.24, 2.45) is 5.84 Å². The molecule has 9 nitrogen and oxygen atoms in total. The van der Waals surface area contributed by atoms with Crippen LogP contribution in [0.4, 0.5) is 33.7 Å². The second-order valence-corrected chi connectivity index (χ2v) is 6.80. The summed E-state index contributed by atoms with van der Waals surface area (Å²) in [6, 6.07) is 5.00. The molecule has 0 saturated carbocycles. The van der Waals surface area contributed by atoms with E-state index in [9.17, 15) is 32.5 Å². The topological polar surface area (TPSA) is 114 Å². The van der Waals surface area contributed by atoms with E-state index in [1.807, 2.05) is 5.32 Å². The van der Waals surface area contributed by atoms with E-state index in [0.29, 0.717) is 6.20 Å². The number of nitro groups is 1. The van der Waals surface area contributed by atoms with Gasteiger partial charge in [-0.1, -0.05) is 11.6 Å². The molecule has 0 bridgehead atoms. The summed E-state index contributed by atoms with van der Waals surface area (Å²) in [4.78, 5) is 23.3. The Balaban J connectivity index is 2.28. The second-order valence-electron chi connectivity index (χ2n) is 6.39. The first-order valence-corrected chi connectivity index (χ1v) is 8.90. The Kier molecular flexibility index (Phi) is 7.48. The smallest absolute Gasteiger partial charge is 0.434 e. The van der Waals surface area contributed by atoms with Crippen LogP contribution in [0.5, 0.6) is 11.5 Å². The molecular formula is C18H16ClF4N5O4. The number of nitro benzene ring substituents is 1. The summed E-state index contributed by atoms with van der Waals surface area (Å²) in [7, 11) is 2.58. The SMILES string of the molecule is CN(C)/C=C(/N(N)C(=O)Nc1cc(Oc2ccc([N+](=O)[O-])cc2)c(Cl)cc1F)C(F)(F)F. The zero-order valence-electron chi connectivity index (χ0n) is 16.5. The minimum Gasteiger partial charge on any atom is -0.456 e. The van der Waals surface area contributed by atoms with Crippen molar-refractivity contribution in [3.8, 4) is 11.5 Å². The van der Waals surface area contributed by atoms with Gasteiger partial charge >= 0.3 is 12.2 Å². The van der Waals surface area contributed by atoms with Gasteiger partial charge in [0.05, 0.1) is 15.6 Å². The molecule has 0 aromatic heterocycles. The van der Waals surface area contributed by atoms with Gasteiger partial charge in [0, 0.05) is 38.5 Å². The number of nitrogens with zero attached hydrogens (tertiary/aromatic N) is 3. The number of carbonyl (C=O) groups is 1. The quantitative estimate of drug-likeness (QED) is 0.202. The Morgan fingerprint density at radius 1 is 1.25 bits per heavy atom. The van der Waals surface area contributed by atoms with Crippen LogP contribution in [0.15, 0.2) is 48.3 Å². The first-order valence-electron chi connectivity index (χ1n) is 8.52. The molecule has 2 amide bonds. The fourth-order valence-electron chi connectivity index (χ4n) is 2.27. The lowest BCUT2D eigenvalue weighted by molar-refractivity contribution is -0.384. The Morgan fingerprint density at radius 2 is 1.84 bits per heavy atom. The van der Waals surface area contributed by atoms with E-state index >= 15 is 0 Å². The maximum absolute atomic E-state index is 14.2. The predicted octanol–water partition coefficient (Wildman–Crippen LogP) is 4.85. The summed E-state index contributed by atoms with van der Waals surface area (Å²) >= 11 is 5.92. The van der Waals surface area contributed by atoms with Crippen molar-refractivity contribution < 1.29 is 32.0 Å².